The Bertz CT molecular complexity index is 800. The van der Waals surface area contributed by atoms with E-state index in [-0.39, 0.29) is 29.4 Å². The molecule has 0 fully saturated rings. The maximum absolute atomic E-state index is 10.6. The van der Waals surface area contributed by atoms with Crippen LogP contribution in [0, 0.1) is 0 Å². The quantitative estimate of drug-likeness (QED) is 0.291. The van der Waals surface area contributed by atoms with Gasteiger partial charge in [-0.2, -0.15) is 0 Å². The van der Waals surface area contributed by atoms with Crippen LogP contribution in [0.1, 0.15) is 50.5 Å². The second-order valence-electron chi connectivity index (χ2n) is 8.38. The van der Waals surface area contributed by atoms with Gasteiger partial charge in [-0.1, -0.05) is 45.0 Å². The summed E-state index contributed by atoms with van der Waals surface area (Å²) in [5.74, 6) is 1.59. The van der Waals surface area contributed by atoms with E-state index < -0.39 is 6.10 Å². The van der Waals surface area contributed by atoms with Gasteiger partial charge in [0.1, 0.15) is 5.82 Å². The van der Waals surface area contributed by atoms with Gasteiger partial charge in [0.2, 0.25) is 0 Å². The van der Waals surface area contributed by atoms with Gasteiger partial charge in [-0.3, -0.25) is 0 Å². The number of aromatic nitrogens is 1. The van der Waals surface area contributed by atoms with Crippen molar-refractivity contribution in [2.24, 2.45) is 4.99 Å². The zero-order valence-electron chi connectivity index (χ0n) is 18.9. The van der Waals surface area contributed by atoms with E-state index in [1.54, 1.807) is 6.20 Å². The first kappa shape index (κ1) is 26.2. The summed E-state index contributed by atoms with van der Waals surface area (Å²) in [5, 5.41) is 17.0. The summed E-state index contributed by atoms with van der Waals surface area (Å²) in [7, 11) is 3.94. The number of pyridine rings is 1. The highest BCUT2D eigenvalue weighted by atomic mass is 127. The molecule has 0 aliphatic rings. The summed E-state index contributed by atoms with van der Waals surface area (Å²) >= 11 is 0. The molecular formula is C23H36IN5O. The number of aliphatic hydroxyl groups is 1. The van der Waals surface area contributed by atoms with Gasteiger partial charge in [-0.25, -0.2) is 9.98 Å². The highest BCUT2D eigenvalue weighted by Crippen LogP contribution is 2.23. The molecule has 2 rings (SSSR count). The van der Waals surface area contributed by atoms with Crippen LogP contribution in [0.4, 0.5) is 5.82 Å². The minimum atomic E-state index is -0.603. The third kappa shape index (κ3) is 8.10. The number of nitrogens with zero attached hydrogens (tertiary/aromatic N) is 3. The molecule has 0 saturated heterocycles. The Hall–Kier alpha value is -1.87. The van der Waals surface area contributed by atoms with E-state index in [1.165, 1.54) is 5.56 Å². The first-order valence-electron chi connectivity index (χ1n) is 10.1. The second-order valence-corrected chi connectivity index (χ2v) is 8.38. The van der Waals surface area contributed by atoms with E-state index in [0.29, 0.717) is 19.0 Å². The molecule has 2 aromatic rings. The first-order chi connectivity index (χ1) is 13.7. The van der Waals surface area contributed by atoms with E-state index in [9.17, 15) is 5.11 Å². The fourth-order valence-electron chi connectivity index (χ4n) is 2.83. The van der Waals surface area contributed by atoms with Crippen LogP contribution in [0.5, 0.6) is 0 Å². The third-order valence-electron chi connectivity index (χ3n) is 4.66. The van der Waals surface area contributed by atoms with Crippen LogP contribution in [-0.2, 0) is 12.0 Å². The molecule has 0 bridgehead atoms. The normalized spacial score (nSPS) is 12.7. The SMILES string of the molecule is CCNC(=NCc1ccnc(N(C)C)c1)NCC(O)c1ccc(C(C)(C)C)cc1.I. The first-order valence-corrected chi connectivity index (χ1v) is 10.1. The maximum atomic E-state index is 10.6. The van der Waals surface area contributed by atoms with Crippen molar-refractivity contribution in [3.05, 3.63) is 59.3 Å². The molecule has 0 aliphatic carbocycles. The zero-order chi connectivity index (χ0) is 21.4. The summed E-state index contributed by atoms with van der Waals surface area (Å²) in [6.07, 6.45) is 1.19. The Kier molecular flexibility index (Phi) is 10.6. The van der Waals surface area contributed by atoms with Crippen LogP contribution in [0.3, 0.4) is 0 Å². The van der Waals surface area contributed by atoms with Crippen LogP contribution in [0.25, 0.3) is 0 Å². The molecule has 30 heavy (non-hydrogen) atoms. The monoisotopic (exact) mass is 525 g/mol. The van der Waals surface area contributed by atoms with Crippen molar-refractivity contribution in [1.82, 2.24) is 15.6 Å². The van der Waals surface area contributed by atoms with E-state index in [2.05, 4.69) is 53.5 Å². The van der Waals surface area contributed by atoms with E-state index in [0.717, 1.165) is 23.5 Å². The molecule has 1 unspecified atom stereocenters. The van der Waals surface area contributed by atoms with Crippen LogP contribution in [-0.4, -0.2) is 43.2 Å². The Balaban J connectivity index is 0.00000450. The average Bonchev–Trinajstić information content (AvgIpc) is 2.69. The maximum Gasteiger partial charge on any atom is 0.191 e. The van der Waals surface area contributed by atoms with Crippen molar-refractivity contribution < 1.29 is 5.11 Å². The Labute approximate surface area is 198 Å². The average molecular weight is 525 g/mol. The number of rotatable bonds is 7. The van der Waals surface area contributed by atoms with E-state index >= 15 is 0 Å². The lowest BCUT2D eigenvalue weighted by Crippen LogP contribution is -2.39. The third-order valence-corrected chi connectivity index (χ3v) is 4.66. The number of hydrogen-bond donors (Lipinski definition) is 3. The Morgan fingerprint density at radius 2 is 1.80 bits per heavy atom. The summed E-state index contributed by atoms with van der Waals surface area (Å²) in [6, 6.07) is 12.2. The summed E-state index contributed by atoms with van der Waals surface area (Å²) in [6.45, 7) is 10.3. The van der Waals surface area contributed by atoms with Gasteiger partial charge in [-0.05, 0) is 41.2 Å². The van der Waals surface area contributed by atoms with Crippen LogP contribution >= 0.6 is 24.0 Å². The molecule has 3 N–H and O–H groups in total. The molecule has 0 aliphatic heterocycles. The van der Waals surface area contributed by atoms with Gasteiger partial charge in [0, 0.05) is 33.4 Å². The molecule has 6 nitrogen and oxygen atoms in total. The minimum Gasteiger partial charge on any atom is -0.387 e. The van der Waals surface area contributed by atoms with Gasteiger partial charge in [0.15, 0.2) is 5.96 Å². The number of halogens is 1. The van der Waals surface area contributed by atoms with Crippen LogP contribution < -0.4 is 15.5 Å². The van der Waals surface area contributed by atoms with Crippen molar-refractivity contribution >= 4 is 35.8 Å². The second kappa shape index (κ2) is 12.1. The summed E-state index contributed by atoms with van der Waals surface area (Å²) in [4.78, 5) is 10.9. The van der Waals surface area contributed by atoms with Crippen molar-refractivity contribution in [2.75, 3.05) is 32.1 Å². The molecular weight excluding hydrogens is 489 g/mol. The summed E-state index contributed by atoms with van der Waals surface area (Å²) in [5.41, 5.74) is 3.34. The molecule has 1 heterocycles. The minimum absolute atomic E-state index is 0. The highest BCUT2D eigenvalue weighted by molar-refractivity contribution is 14.0. The topological polar surface area (TPSA) is 72.8 Å². The fraction of sp³-hybridized carbons (Fsp3) is 0.478. The predicted molar refractivity (Wildman–Crippen MR) is 137 cm³/mol. The largest absolute Gasteiger partial charge is 0.387 e. The molecule has 7 heteroatoms. The summed E-state index contributed by atoms with van der Waals surface area (Å²) < 4.78 is 0. The standard InChI is InChI=1S/C23H35N5O.HI/c1-7-24-22(26-15-17-12-13-25-21(14-17)28(5)6)27-16-20(29)18-8-10-19(11-9-18)23(2,3)4;/h8-14,20,29H,7,15-16H2,1-6H3,(H2,24,26,27);1H. The lowest BCUT2D eigenvalue weighted by Gasteiger charge is -2.20. The van der Waals surface area contributed by atoms with Crippen molar-refractivity contribution in [3.63, 3.8) is 0 Å². The number of hydrogen-bond acceptors (Lipinski definition) is 4. The number of aliphatic hydroxyl groups excluding tert-OH is 1. The molecule has 166 valence electrons. The molecule has 1 aromatic carbocycles. The lowest BCUT2D eigenvalue weighted by molar-refractivity contribution is 0.181. The number of benzene rings is 1. The van der Waals surface area contributed by atoms with E-state index in [1.807, 2.05) is 50.2 Å². The highest BCUT2D eigenvalue weighted by Gasteiger charge is 2.15. The molecule has 0 radical (unpaired) electrons. The Morgan fingerprint density at radius 1 is 1.13 bits per heavy atom. The van der Waals surface area contributed by atoms with Gasteiger partial charge < -0.3 is 20.6 Å². The molecule has 1 aromatic heterocycles. The Morgan fingerprint density at radius 3 is 2.37 bits per heavy atom. The predicted octanol–water partition coefficient (Wildman–Crippen LogP) is 3.85. The molecule has 0 saturated carbocycles. The van der Waals surface area contributed by atoms with Crippen molar-refractivity contribution in [1.29, 1.82) is 0 Å². The van der Waals surface area contributed by atoms with Gasteiger partial charge >= 0.3 is 0 Å². The van der Waals surface area contributed by atoms with E-state index in [4.69, 9.17) is 0 Å². The fourth-order valence-corrected chi connectivity index (χ4v) is 2.83. The number of aliphatic imine (C=N–C) groups is 1. The van der Waals surface area contributed by atoms with Crippen molar-refractivity contribution in [3.8, 4) is 0 Å². The van der Waals surface area contributed by atoms with Gasteiger partial charge in [0.05, 0.1) is 12.6 Å². The lowest BCUT2D eigenvalue weighted by atomic mass is 9.86. The number of guanidine groups is 1. The zero-order valence-corrected chi connectivity index (χ0v) is 21.3. The number of anilines is 1. The van der Waals surface area contributed by atoms with Gasteiger partial charge in [0.25, 0.3) is 0 Å². The van der Waals surface area contributed by atoms with Crippen LogP contribution in [0.2, 0.25) is 0 Å². The molecule has 0 amide bonds. The number of nitrogens with one attached hydrogen (secondary N) is 2. The molecule has 0 spiro atoms. The smallest absolute Gasteiger partial charge is 0.191 e. The van der Waals surface area contributed by atoms with Crippen molar-refractivity contribution in [2.45, 2.75) is 45.8 Å². The van der Waals surface area contributed by atoms with Crippen LogP contribution in [0.15, 0.2) is 47.6 Å². The van der Waals surface area contributed by atoms with Gasteiger partial charge in [-0.15, -0.1) is 24.0 Å². The molecule has 1 atom stereocenters.